The van der Waals surface area contributed by atoms with E-state index < -0.39 is 0 Å². The molecular weight excluding hydrogens is 404 g/mol. The lowest BCUT2D eigenvalue weighted by Gasteiger charge is -2.28. The first-order chi connectivity index (χ1) is 15.3. The Morgan fingerprint density at radius 2 is 1.50 bits per heavy atom. The van der Waals surface area contributed by atoms with Crippen LogP contribution in [0.3, 0.4) is 0 Å². The largest absolute Gasteiger partial charge is 0.340 e. The van der Waals surface area contributed by atoms with Crippen molar-refractivity contribution in [2.24, 2.45) is 0 Å². The van der Waals surface area contributed by atoms with Gasteiger partial charge >= 0.3 is 0 Å². The summed E-state index contributed by atoms with van der Waals surface area (Å²) in [7, 11) is 1.75. The number of carbonyl (C=O) groups is 3. The van der Waals surface area contributed by atoms with Crippen LogP contribution in [-0.4, -0.2) is 72.2 Å². The maximum Gasteiger partial charge on any atom is 0.254 e. The van der Waals surface area contributed by atoms with Crippen molar-refractivity contribution in [1.29, 1.82) is 0 Å². The average Bonchev–Trinajstić information content (AvgIpc) is 2.79. The van der Waals surface area contributed by atoms with Gasteiger partial charge in [-0.05, 0) is 42.9 Å². The summed E-state index contributed by atoms with van der Waals surface area (Å²) in [6.07, 6.45) is 0. The fourth-order valence-electron chi connectivity index (χ4n) is 3.37. The van der Waals surface area contributed by atoms with E-state index in [1.165, 1.54) is 6.92 Å². The molecule has 2 rings (SSSR count). The summed E-state index contributed by atoms with van der Waals surface area (Å²) in [5, 5.41) is 2.69. The lowest BCUT2D eigenvalue weighted by Crippen LogP contribution is -2.44. The first kappa shape index (κ1) is 25.1. The number of anilines is 1. The third kappa shape index (κ3) is 7.81. The van der Waals surface area contributed by atoms with Crippen LogP contribution in [0.15, 0.2) is 54.6 Å². The second-order valence-electron chi connectivity index (χ2n) is 7.75. The number of rotatable bonds is 11. The fourth-order valence-corrected chi connectivity index (χ4v) is 3.37. The highest BCUT2D eigenvalue weighted by Gasteiger charge is 2.21. The van der Waals surface area contributed by atoms with Crippen molar-refractivity contribution in [2.75, 3.05) is 45.1 Å². The molecule has 7 nitrogen and oxygen atoms in total. The number of hydrogen-bond donors (Lipinski definition) is 1. The molecule has 172 valence electrons. The number of carbonyl (C=O) groups excluding carboxylic acids is 3. The molecule has 32 heavy (non-hydrogen) atoms. The lowest BCUT2D eigenvalue weighted by atomic mass is 10.1. The van der Waals surface area contributed by atoms with Crippen LogP contribution in [0.25, 0.3) is 0 Å². The van der Waals surface area contributed by atoms with Crippen molar-refractivity contribution >= 4 is 23.4 Å². The Balaban J connectivity index is 2.12. The van der Waals surface area contributed by atoms with E-state index in [1.807, 2.05) is 30.3 Å². The molecule has 3 amide bonds. The van der Waals surface area contributed by atoms with Crippen molar-refractivity contribution in [1.82, 2.24) is 14.7 Å². The summed E-state index contributed by atoms with van der Waals surface area (Å²) in [5.74, 6) is -0.485. The van der Waals surface area contributed by atoms with E-state index in [2.05, 4.69) is 24.1 Å². The van der Waals surface area contributed by atoms with E-state index in [0.717, 1.165) is 18.7 Å². The van der Waals surface area contributed by atoms with Gasteiger partial charge < -0.3 is 20.0 Å². The molecule has 0 spiro atoms. The Hall–Kier alpha value is -3.19. The van der Waals surface area contributed by atoms with Gasteiger partial charge in [0.1, 0.15) is 6.54 Å². The number of benzene rings is 2. The zero-order valence-corrected chi connectivity index (χ0v) is 19.5. The van der Waals surface area contributed by atoms with Crippen LogP contribution in [0.2, 0.25) is 0 Å². The third-order valence-electron chi connectivity index (χ3n) is 5.33. The number of hydrogen-bond acceptors (Lipinski definition) is 4. The highest BCUT2D eigenvalue weighted by Crippen LogP contribution is 2.13. The Morgan fingerprint density at radius 3 is 2.06 bits per heavy atom. The van der Waals surface area contributed by atoms with Crippen LogP contribution in [0.5, 0.6) is 0 Å². The Bertz CT molecular complexity index is 880. The van der Waals surface area contributed by atoms with E-state index in [-0.39, 0.29) is 24.3 Å². The molecule has 0 aliphatic rings. The molecule has 0 radical (unpaired) electrons. The van der Waals surface area contributed by atoms with E-state index in [1.54, 1.807) is 41.1 Å². The quantitative estimate of drug-likeness (QED) is 0.585. The molecule has 0 bridgehead atoms. The summed E-state index contributed by atoms with van der Waals surface area (Å²) >= 11 is 0. The summed E-state index contributed by atoms with van der Waals surface area (Å²) in [5.41, 5.74) is 2.15. The third-order valence-corrected chi connectivity index (χ3v) is 5.33. The van der Waals surface area contributed by atoms with Gasteiger partial charge in [0.2, 0.25) is 11.8 Å². The van der Waals surface area contributed by atoms with Gasteiger partial charge in [-0.1, -0.05) is 44.2 Å². The van der Waals surface area contributed by atoms with Crippen LogP contribution in [0, 0.1) is 0 Å². The summed E-state index contributed by atoms with van der Waals surface area (Å²) < 4.78 is 0. The van der Waals surface area contributed by atoms with E-state index in [0.29, 0.717) is 30.9 Å². The molecule has 0 aliphatic heterocycles. The Kier molecular flexibility index (Phi) is 9.88. The molecule has 0 aromatic heterocycles. The minimum atomic E-state index is -0.201. The zero-order chi connectivity index (χ0) is 23.5. The molecule has 0 saturated heterocycles. The van der Waals surface area contributed by atoms with Crippen LogP contribution in [0.1, 0.15) is 36.7 Å². The molecule has 0 atom stereocenters. The summed E-state index contributed by atoms with van der Waals surface area (Å²) in [6.45, 7) is 9.00. The molecule has 0 aliphatic carbocycles. The second kappa shape index (κ2) is 12.6. The molecule has 0 saturated carbocycles. The molecule has 1 N–H and O–H groups in total. The lowest BCUT2D eigenvalue weighted by molar-refractivity contribution is -0.131. The van der Waals surface area contributed by atoms with Gasteiger partial charge in [0, 0.05) is 44.9 Å². The molecular formula is C25H34N4O3. The maximum atomic E-state index is 13.2. The molecule has 7 heteroatoms. The zero-order valence-electron chi connectivity index (χ0n) is 19.5. The van der Waals surface area contributed by atoms with Gasteiger partial charge in [-0.25, -0.2) is 0 Å². The number of nitrogens with zero attached hydrogens (tertiary/aromatic N) is 3. The summed E-state index contributed by atoms with van der Waals surface area (Å²) in [6, 6.07) is 16.5. The molecule has 2 aromatic rings. The summed E-state index contributed by atoms with van der Waals surface area (Å²) in [4.78, 5) is 42.9. The topological polar surface area (TPSA) is 73.0 Å². The van der Waals surface area contributed by atoms with Crippen molar-refractivity contribution < 1.29 is 14.4 Å². The predicted octanol–water partition coefficient (Wildman–Crippen LogP) is 3.09. The van der Waals surface area contributed by atoms with Crippen LogP contribution in [-0.2, 0) is 16.1 Å². The monoisotopic (exact) mass is 438 g/mol. The van der Waals surface area contributed by atoms with Crippen molar-refractivity contribution in [2.45, 2.75) is 27.3 Å². The van der Waals surface area contributed by atoms with Gasteiger partial charge in [0.15, 0.2) is 0 Å². The van der Waals surface area contributed by atoms with Gasteiger partial charge in [0.05, 0.1) is 0 Å². The number of nitrogens with one attached hydrogen (secondary N) is 1. The van der Waals surface area contributed by atoms with Gasteiger partial charge in [-0.2, -0.15) is 0 Å². The predicted molar refractivity (Wildman–Crippen MR) is 127 cm³/mol. The highest BCUT2D eigenvalue weighted by atomic mass is 16.2. The van der Waals surface area contributed by atoms with Crippen LogP contribution in [0.4, 0.5) is 5.69 Å². The normalized spacial score (nSPS) is 10.7. The number of likely N-dealkylation sites (N-methyl/N-ethyl adjacent to an activating group) is 2. The van der Waals surface area contributed by atoms with Crippen molar-refractivity contribution in [3.05, 3.63) is 65.7 Å². The molecule has 2 aromatic carbocycles. The van der Waals surface area contributed by atoms with E-state index in [9.17, 15) is 14.4 Å². The first-order valence-electron chi connectivity index (χ1n) is 11.0. The highest BCUT2D eigenvalue weighted by molar-refractivity contribution is 5.97. The van der Waals surface area contributed by atoms with Gasteiger partial charge in [-0.15, -0.1) is 0 Å². The second-order valence-corrected chi connectivity index (χ2v) is 7.75. The van der Waals surface area contributed by atoms with Crippen molar-refractivity contribution in [3.8, 4) is 0 Å². The maximum absolute atomic E-state index is 13.2. The fraction of sp³-hybridized carbons (Fsp3) is 0.400. The molecule has 0 unspecified atom stereocenters. The Morgan fingerprint density at radius 1 is 0.875 bits per heavy atom. The van der Waals surface area contributed by atoms with Crippen LogP contribution < -0.4 is 5.32 Å². The van der Waals surface area contributed by atoms with Gasteiger partial charge in [-0.3, -0.25) is 14.4 Å². The molecule has 0 fully saturated rings. The van der Waals surface area contributed by atoms with E-state index in [4.69, 9.17) is 0 Å². The van der Waals surface area contributed by atoms with Gasteiger partial charge in [0.25, 0.3) is 5.91 Å². The average molecular weight is 439 g/mol. The Labute approximate surface area is 191 Å². The minimum Gasteiger partial charge on any atom is -0.340 e. The standard InChI is InChI=1S/C25H34N4O3/c1-5-28(6-2)16-17-29(19-24(31)27(4)18-21-10-8-7-9-11-21)25(32)22-12-14-23(15-13-22)26-20(3)30/h7-15H,5-6,16-19H2,1-4H3,(H,26,30). The van der Waals surface area contributed by atoms with Crippen LogP contribution >= 0.6 is 0 Å². The molecule has 0 heterocycles. The SMILES string of the molecule is CCN(CC)CCN(CC(=O)N(C)Cc1ccccc1)C(=O)c1ccc(NC(C)=O)cc1. The first-order valence-corrected chi connectivity index (χ1v) is 11.0. The van der Waals surface area contributed by atoms with E-state index >= 15 is 0 Å². The smallest absolute Gasteiger partial charge is 0.254 e. The number of amides is 3. The minimum absolute atomic E-state index is 0.0108. The van der Waals surface area contributed by atoms with Crippen molar-refractivity contribution in [3.63, 3.8) is 0 Å².